The summed E-state index contributed by atoms with van der Waals surface area (Å²) in [6.07, 6.45) is 0.918. The highest BCUT2D eigenvalue weighted by molar-refractivity contribution is 5.88. The fourth-order valence-corrected chi connectivity index (χ4v) is 3.39. The van der Waals surface area contributed by atoms with Gasteiger partial charge in [0.25, 0.3) is 0 Å². The zero-order valence-electron chi connectivity index (χ0n) is 14.1. The number of esters is 2. The van der Waals surface area contributed by atoms with E-state index < -0.39 is 30.0 Å². The van der Waals surface area contributed by atoms with E-state index >= 15 is 0 Å². The number of hydroxylamine groups is 2. The Kier molecular flexibility index (Phi) is 4.29. The van der Waals surface area contributed by atoms with Gasteiger partial charge in [0.2, 0.25) is 0 Å². The SMILES string of the molecule is COC(=O)[C@H]1[C@H](C(=O)OC)ON(C)[C@H]1c1cn(C)c2ccccc12. The van der Waals surface area contributed by atoms with Crippen molar-refractivity contribution >= 4 is 22.8 Å². The molecule has 0 spiro atoms. The third kappa shape index (κ3) is 2.46. The van der Waals surface area contributed by atoms with Crippen molar-refractivity contribution in [3.8, 4) is 0 Å². The number of carbonyl (C=O) groups is 2. The van der Waals surface area contributed by atoms with Crippen LogP contribution in [0.1, 0.15) is 11.6 Å². The number of hydrogen-bond donors (Lipinski definition) is 0. The lowest BCUT2D eigenvalue weighted by Crippen LogP contribution is -2.35. The number of ether oxygens (including phenoxy) is 2. The fraction of sp³-hybridized carbons (Fsp3) is 0.412. The Morgan fingerprint density at radius 2 is 1.75 bits per heavy atom. The van der Waals surface area contributed by atoms with E-state index in [-0.39, 0.29) is 0 Å². The van der Waals surface area contributed by atoms with Crippen LogP contribution in [-0.2, 0) is 30.9 Å². The first-order valence-corrected chi connectivity index (χ1v) is 7.58. The number of aromatic nitrogens is 1. The molecule has 0 radical (unpaired) electrons. The average Bonchev–Trinajstić information content (AvgIpc) is 3.11. The maximum atomic E-state index is 12.4. The van der Waals surface area contributed by atoms with E-state index in [1.807, 2.05) is 42.1 Å². The van der Waals surface area contributed by atoms with Crippen LogP contribution in [0.25, 0.3) is 10.9 Å². The fourth-order valence-electron chi connectivity index (χ4n) is 3.39. The van der Waals surface area contributed by atoms with Crippen LogP contribution in [0.2, 0.25) is 0 Å². The van der Waals surface area contributed by atoms with Crippen LogP contribution in [-0.4, -0.2) is 48.9 Å². The molecule has 0 saturated carbocycles. The summed E-state index contributed by atoms with van der Waals surface area (Å²) in [5.41, 5.74) is 1.93. The predicted molar refractivity (Wildman–Crippen MR) is 85.8 cm³/mol. The zero-order chi connectivity index (χ0) is 17.4. The van der Waals surface area contributed by atoms with E-state index in [2.05, 4.69) is 0 Å². The molecular weight excluding hydrogens is 312 g/mol. The van der Waals surface area contributed by atoms with Gasteiger partial charge >= 0.3 is 11.9 Å². The molecule has 0 bridgehead atoms. The quantitative estimate of drug-likeness (QED) is 0.792. The predicted octanol–water partition coefficient (Wildman–Crippen LogP) is 1.43. The number of fused-ring (bicyclic) bond motifs is 1. The maximum Gasteiger partial charge on any atom is 0.338 e. The minimum Gasteiger partial charge on any atom is -0.469 e. The first kappa shape index (κ1) is 16.5. The number of benzene rings is 1. The van der Waals surface area contributed by atoms with Crippen molar-refractivity contribution in [1.82, 2.24) is 9.63 Å². The van der Waals surface area contributed by atoms with Gasteiger partial charge in [-0.05, 0) is 11.6 Å². The Morgan fingerprint density at radius 3 is 2.42 bits per heavy atom. The van der Waals surface area contributed by atoms with Gasteiger partial charge in [-0.1, -0.05) is 18.2 Å². The molecule has 1 aliphatic heterocycles. The summed E-state index contributed by atoms with van der Waals surface area (Å²) in [7, 11) is 6.21. The van der Waals surface area contributed by atoms with Crippen LogP contribution in [0.5, 0.6) is 0 Å². The van der Waals surface area contributed by atoms with Crippen molar-refractivity contribution in [2.75, 3.05) is 21.3 Å². The molecule has 1 aliphatic rings. The molecule has 3 rings (SSSR count). The second-order valence-corrected chi connectivity index (χ2v) is 5.80. The zero-order valence-corrected chi connectivity index (χ0v) is 14.1. The summed E-state index contributed by atoms with van der Waals surface area (Å²) >= 11 is 0. The molecule has 1 aromatic carbocycles. The smallest absolute Gasteiger partial charge is 0.338 e. The highest BCUT2D eigenvalue weighted by Gasteiger charge is 2.52. The Balaban J connectivity index is 2.12. The van der Waals surface area contributed by atoms with Crippen molar-refractivity contribution in [1.29, 1.82) is 0 Å². The van der Waals surface area contributed by atoms with Crippen LogP contribution >= 0.6 is 0 Å². The Bertz CT molecular complexity index is 784. The lowest BCUT2D eigenvalue weighted by atomic mass is 9.89. The average molecular weight is 332 g/mol. The van der Waals surface area contributed by atoms with Gasteiger partial charge < -0.3 is 14.0 Å². The molecule has 2 aromatic rings. The molecule has 0 amide bonds. The molecule has 24 heavy (non-hydrogen) atoms. The lowest BCUT2D eigenvalue weighted by molar-refractivity contribution is -0.182. The standard InChI is InChI=1S/C17H20N2O5/c1-18-9-11(10-7-5-6-8-12(10)18)14-13(16(20)22-3)15(17(21)23-4)24-19(14)2/h5-9,13-15H,1-4H3/t13-,14+,15-/m1/s1. The molecule has 1 fully saturated rings. The highest BCUT2D eigenvalue weighted by Crippen LogP contribution is 2.42. The number of methoxy groups -OCH3 is 2. The molecule has 0 N–H and O–H groups in total. The van der Waals surface area contributed by atoms with Gasteiger partial charge in [-0.3, -0.25) is 9.63 Å². The van der Waals surface area contributed by atoms with Gasteiger partial charge in [-0.2, -0.15) is 5.06 Å². The van der Waals surface area contributed by atoms with E-state index in [4.69, 9.17) is 14.3 Å². The van der Waals surface area contributed by atoms with Crippen molar-refractivity contribution < 1.29 is 23.9 Å². The molecule has 128 valence electrons. The number of hydrogen-bond acceptors (Lipinski definition) is 6. The van der Waals surface area contributed by atoms with Gasteiger partial charge in [0, 0.05) is 31.2 Å². The number of nitrogens with zero attached hydrogens (tertiary/aromatic N) is 2. The molecule has 2 heterocycles. The minimum atomic E-state index is -1.03. The van der Waals surface area contributed by atoms with Crippen LogP contribution in [0.15, 0.2) is 30.5 Å². The minimum absolute atomic E-state index is 0.451. The van der Waals surface area contributed by atoms with E-state index in [1.165, 1.54) is 19.3 Å². The topological polar surface area (TPSA) is 70.0 Å². The highest BCUT2D eigenvalue weighted by atomic mass is 16.7. The third-order valence-corrected chi connectivity index (χ3v) is 4.49. The molecule has 7 heteroatoms. The summed E-state index contributed by atoms with van der Waals surface area (Å²) in [6, 6.07) is 7.42. The molecule has 1 saturated heterocycles. The summed E-state index contributed by atoms with van der Waals surface area (Å²) in [5.74, 6) is -1.91. The number of para-hydroxylation sites is 1. The van der Waals surface area contributed by atoms with E-state index in [0.717, 1.165) is 16.5 Å². The molecular formula is C17H20N2O5. The van der Waals surface area contributed by atoms with Gasteiger partial charge in [-0.25, -0.2) is 4.79 Å². The van der Waals surface area contributed by atoms with E-state index in [9.17, 15) is 9.59 Å². The number of rotatable bonds is 3. The van der Waals surface area contributed by atoms with Crippen molar-refractivity contribution in [2.24, 2.45) is 13.0 Å². The molecule has 7 nitrogen and oxygen atoms in total. The molecule has 3 atom stereocenters. The first-order chi connectivity index (χ1) is 11.5. The Morgan fingerprint density at radius 1 is 1.08 bits per heavy atom. The summed E-state index contributed by atoms with van der Waals surface area (Å²) in [4.78, 5) is 30.0. The molecule has 1 aromatic heterocycles. The third-order valence-electron chi connectivity index (χ3n) is 4.49. The maximum absolute atomic E-state index is 12.4. The number of aryl methyl sites for hydroxylation is 1. The normalized spacial score (nSPS) is 24.2. The number of carbonyl (C=O) groups excluding carboxylic acids is 2. The van der Waals surface area contributed by atoms with Gasteiger partial charge in [0.15, 0.2) is 6.10 Å². The van der Waals surface area contributed by atoms with E-state index in [0.29, 0.717) is 0 Å². The second kappa shape index (κ2) is 6.26. The van der Waals surface area contributed by atoms with Crippen LogP contribution in [0, 0.1) is 5.92 Å². The van der Waals surface area contributed by atoms with Gasteiger partial charge in [-0.15, -0.1) is 0 Å². The van der Waals surface area contributed by atoms with Crippen LogP contribution in [0.4, 0.5) is 0 Å². The van der Waals surface area contributed by atoms with Crippen molar-refractivity contribution in [3.05, 3.63) is 36.0 Å². The molecule has 0 aliphatic carbocycles. The van der Waals surface area contributed by atoms with Crippen LogP contribution < -0.4 is 0 Å². The molecule has 0 unspecified atom stereocenters. The van der Waals surface area contributed by atoms with Gasteiger partial charge in [0.1, 0.15) is 5.92 Å². The lowest BCUT2D eigenvalue weighted by Gasteiger charge is -2.21. The summed E-state index contributed by atoms with van der Waals surface area (Å²) < 4.78 is 11.7. The Hall–Kier alpha value is -2.38. The van der Waals surface area contributed by atoms with Crippen molar-refractivity contribution in [3.63, 3.8) is 0 Å². The van der Waals surface area contributed by atoms with Gasteiger partial charge in [0.05, 0.1) is 20.3 Å². The second-order valence-electron chi connectivity index (χ2n) is 5.80. The van der Waals surface area contributed by atoms with E-state index in [1.54, 1.807) is 7.05 Å². The largest absolute Gasteiger partial charge is 0.469 e. The Labute approximate surface area is 139 Å². The first-order valence-electron chi connectivity index (χ1n) is 7.58. The summed E-state index contributed by atoms with van der Waals surface area (Å²) in [5, 5.41) is 2.53. The van der Waals surface area contributed by atoms with Crippen LogP contribution in [0.3, 0.4) is 0 Å². The summed E-state index contributed by atoms with van der Waals surface area (Å²) in [6.45, 7) is 0. The van der Waals surface area contributed by atoms with Crippen molar-refractivity contribution in [2.45, 2.75) is 12.1 Å². The monoisotopic (exact) mass is 332 g/mol.